The van der Waals surface area contributed by atoms with Crippen molar-refractivity contribution >= 4 is 10.4 Å². The summed E-state index contributed by atoms with van der Waals surface area (Å²) in [5.41, 5.74) is 0. The quantitative estimate of drug-likeness (QED) is 0.138. The van der Waals surface area contributed by atoms with Crippen molar-refractivity contribution in [3.05, 3.63) is 0 Å². The molecule has 0 aliphatic rings. The summed E-state index contributed by atoms with van der Waals surface area (Å²) >= 11 is 0. The summed E-state index contributed by atoms with van der Waals surface area (Å²) in [5.74, 6) is 0. The van der Waals surface area contributed by atoms with E-state index in [-0.39, 0.29) is 103 Å². The van der Waals surface area contributed by atoms with Gasteiger partial charge in [0.1, 0.15) is 0 Å². The van der Waals surface area contributed by atoms with Gasteiger partial charge in [-0.3, -0.25) is 4.18 Å². The molecule has 6 nitrogen and oxygen atoms in total. The van der Waals surface area contributed by atoms with E-state index in [9.17, 15) is 13.0 Å². The summed E-state index contributed by atoms with van der Waals surface area (Å²) in [5, 5.41) is 0. The first-order chi connectivity index (χ1) is 8.06. The summed E-state index contributed by atoms with van der Waals surface area (Å²) in [6, 6.07) is 0. The van der Waals surface area contributed by atoms with Gasteiger partial charge in [0.15, 0.2) is 0 Å². The van der Waals surface area contributed by atoms with Crippen molar-refractivity contribution in [2.45, 2.75) is 71.1 Å². The molecule has 0 aromatic heterocycles. The Kier molecular flexibility index (Phi) is 62.4. The smallest absolute Gasteiger partial charge is 2.00 e. The molecule has 0 rings (SSSR count). The van der Waals surface area contributed by atoms with Crippen molar-refractivity contribution in [3.8, 4) is 0 Å². The maximum atomic E-state index is 10.1. The normalized spacial score (nSPS) is 8.78. The Labute approximate surface area is 199 Å². The van der Waals surface area contributed by atoms with Crippen molar-refractivity contribution in [2.75, 3.05) is 6.61 Å². The van der Waals surface area contributed by atoms with E-state index in [1.807, 2.05) is 0 Å². The van der Waals surface area contributed by atoms with Crippen LogP contribution in [0.1, 0.15) is 71.1 Å². The van der Waals surface area contributed by atoms with Crippen molar-refractivity contribution < 1.29 is 114 Å². The fourth-order valence-corrected chi connectivity index (χ4v) is 2.07. The molecule has 0 fully saturated rings. The molecule has 0 atom stereocenters. The zero-order chi connectivity index (χ0) is 13.0. The van der Waals surface area contributed by atoms with Gasteiger partial charge in [0.25, 0.3) is 0 Å². The average Bonchev–Trinajstić information content (AvgIpc) is 2.24. The predicted octanol–water partition coefficient (Wildman–Crippen LogP) is -5.84. The van der Waals surface area contributed by atoms with Crippen LogP contribution >= 0.6 is 0 Å². The standard InChI is InChI=1S/C12H26O4S.FH.2Na.2O.Ti/c1-2-3-4-5-6-7-8-9-10-11-12-16-17(13,14)15;;;;;;/h2-12H2,1H3,(H,13,14,15);1H;;;;;/q;;2*+1;2*-2;+4/p-2. The molecule has 0 radical (unpaired) electrons. The predicted molar refractivity (Wildman–Crippen MR) is 68.9 cm³/mol. The average molecular weight is 410 g/mol. The van der Waals surface area contributed by atoms with Crippen LogP contribution < -0.4 is 63.8 Å². The van der Waals surface area contributed by atoms with Crippen LogP contribution in [-0.4, -0.2) is 19.6 Å². The van der Waals surface area contributed by atoms with E-state index < -0.39 is 10.4 Å². The molecule has 0 aromatic carbocycles. The van der Waals surface area contributed by atoms with E-state index in [0.29, 0.717) is 6.42 Å². The molecule has 0 saturated carbocycles. The topological polar surface area (TPSA) is 123 Å². The van der Waals surface area contributed by atoms with Crippen molar-refractivity contribution in [3.63, 3.8) is 0 Å². The molecule has 0 aliphatic carbocycles. The number of hydrogen-bond acceptors (Lipinski definition) is 4. The van der Waals surface area contributed by atoms with E-state index in [2.05, 4.69) is 11.1 Å². The first-order valence-electron chi connectivity index (χ1n) is 6.66. The Morgan fingerprint density at radius 1 is 0.783 bits per heavy atom. The molecule has 0 saturated heterocycles. The third-order valence-electron chi connectivity index (χ3n) is 2.73. The maximum absolute atomic E-state index is 10.1. The molecule has 11 heteroatoms. The van der Waals surface area contributed by atoms with Crippen LogP contribution in [0.15, 0.2) is 0 Å². The largest absolute Gasteiger partial charge is 4.00 e. The molecule has 128 valence electrons. The Hall–Kier alpha value is 2.43. The van der Waals surface area contributed by atoms with Crippen molar-refractivity contribution in [2.24, 2.45) is 0 Å². The minimum Gasteiger partial charge on any atom is -2.00 e. The van der Waals surface area contributed by atoms with Gasteiger partial charge in [-0.1, -0.05) is 64.7 Å². The molecule has 0 unspecified atom stereocenters. The SMILES string of the molecule is CCCCCCCCCCCCOS(=O)(=O)[O-].[F-].[Na+].[Na+].[O-2].[O-2].[Ti+4]. The monoisotopic (exact) mass is 410 g/mol. The third-order valence-corrected chi connectivity index (χ3v) is 3.18. The number of unbranched alkanes of at least 4 members (excludes halogenated alkanes) is 9. The van der Waals surface area contributed by atoms with E-state index in [1.54, 1.807) is 0 Å². The maximum Gasteiger partial charge on any atom is 4.00 e. The van der Waals surface area contributed by atoms with E-state index in [0.717, 1.165) is 12.8 Å². The fourth-order valence-electron chi connectivity index (χ4n) is 1.75. The van der Waals surface area contributed by atoms with Gasteiger partial charge in [0.2, 0.25) is 10.4 Å². The van der Waals surface area contributed by atoms with Crippen LogP contribution in [-0.2, 0) is 47.3 Å². The van der Waals surface area contributed by atoms with E-state index in [1.165, 1.54) is 44.9 Å². The zero-order valence-corrected chi connectivity index (χ0v) is 20.9. The Morgan fingerprint density at radius 3 is 1.39 bits per heavy atom. The summed E-state index contributed by atoms with van der Waals surface area (Å²) in [7, 11) is -4.48. The summed E-state index contributed by atoms with van der Waals surface area (Å²) < 4.78 is 34.5. The second-order valence-corrected chi connectivity index (χ2v) is 5.46. The van der Waals surface area contributed by atoms with E-state index in [4.69, 9.17) is 0 Å². The van der Waals surface area contributed by atoms with Crippen LogP contribution in [0.25, 0.3) is 0 Å². The summed E-state index contributed by atoms with van der Waals surface area (Å²) in [4.78, 5) is 0. The van der Waals surface area contributed by atoms with Gasteiger partial charge in [0, 0.05) is 0 Å². The first-order valence-corrected chi connectivity index (χ1v) is 8.00. The van der Waals surface area contributed by atoms with Gasteiger partial charge in [-0.05, 0) is 6.42 Å². The van der Waals surface area contributed by atoms with Gasteiger partial charge in [-0.15, -0.1) is 0 Å². The number of hydrogen-bond donors (Lipinski definition) is 0. The molecule has 0 spiro atoms. The van der Waals surface area contributed by atoms with Crippen LogP contribution in [0, 0.1) is 0 Å². The van der Waals surface area contributed by atoms with Crippen LogP contribution in [0.2, 0.25) is 0 Å². The van der Waals surface area contributed by atoms with Gasteiger partial charge in [-0.25, -0.2) is 8.42 Å². The number of halogens is 1. The second-order valence-electron chi connectivity index (χ2n) is 4.41. The molecule has 23 heavy (non-hydrogen) atoms. The summed E-state index contributed by atoms with van der Waals surface area (Å²) in [6.45, 7) is 2.24. The van der Waals surface area contributed by atoms with E-state index >= 15 is 0 Å². The van der Waals surface area contributed by atoms with Gasteiger partial charge >= 0.3 is 80.8 Å². The van der Waals surface area contributed by atoms with Gasteiger partial charge in [0.05, 0.1) is 6.61 Å². The van der Waals surface area contributed by atoms with Crippen LogP contribution in [0.3, 0.4) is 0 Å². The molecular formula is C12H25FNa2O6STi. The molecule has 0 heterocycles. The Balaban J connectivity index is -0.0000000853. The molecule has 0 bridgehead atoms. The minimum absolute atomic E-state index is 0. The Morgan fingerprint density at radius 2 is 1.09 bits per heavy atom. The third kappa shape index (κ3) is 45.5. The van der Waals surface area contributed by atoms with Gasteiger partial charge in [-0.2, -0.15) is 0 Å². The zero-order valence-electron chi connectivity index (χ0n) is 14.5. The summed E-state index contributed by atoms with van der Waals surface area (Å²) in [6.07, 6.45) is 11.7. The second kappa shape index (κ2) is 32.1. The Bertz CT molecular complexity index is 274. The van der Waals surface area contributed by atoms with Crippen molar-refractivity contribution in [1.29, 1.82) is 0 Å². The van der Waals surface area contributed by atoms with Gasteiger partial charge < -0.3 is 20.2 Å². The van der Waals surface area contributed by atoms with Crippen LogP contribution in [0.5, 0.6) is 0 Å². The first kappa shape index (κ1) is 44.7. The molecular weight excluding hydrogens is 385 g/mol. The number of rotatable bonds is 12. The fraction of sp³-hybridized carbons (Fsp3) is 1.00. The van der Waals surface area contributed by atoms with Crippen LogP contribution in [0.4, 0.5) is 0 Å². The molecule has 0 aliphatic heterocycles. The molecule has 0 amide bonds. The van der Waals surface area contributed by atoms with Crippen molar-refractivity contribution in [1.82, 2.24) is 0 Å². The molecule has 0 aromatic rings. The molecule has 0 N–H and O–H groups in total. The minimum atomic E-state index is -4.48.